The zero-order valence-electron chi connectivity index (χ0n) is 17.6. The molecule has 0 aromatic heterocycles. The van der Waals surface area contributed by atoms with E-state index in [1.807, 2.05) is 0 Å². The number of benzene rings is 1. The van der Waals surface area contributed by atoms with Gasteiger partial charge in [-0.25, -0.2) is 4.99 Å². The normalized spacial score (nSPS) is 10.2. The van der Waals surface area contributed by atoms with E-state index in [1.54, 1.807) is 18.2 Å². The number of carbonyl (C=O) groups excluding carboxylic acids is 3. The van der Waals surface area contributed by atoms with Crippen molar-refractivity contribution in [3.05, 3.63) is 29.8 Å². The first kappa shape index (κ1) is 24.9. The van der Waals surface area contributed by atoms with Crippen LogP contribution in [0, 0.1) is 0 Å². The van der Waals surface area contributed by atoms with Crippen molar-refractivity contribution < 1.29 is 19.1 Å². The lowest BCUT2D eigenvalue weighted by molar-refractivity contribution is -0.143. The van der Waals surface area contributed by atoms with Crippen LogP contribution in [0.5, 0.6) is 0 Å². The van der Waals surface area contributed by atoms with Crippen LogP contribution in [-0.2, 0) is 14.3 Å². The third-order valence-electron chi connectivity index (χ3n) is 4.19. The van der Waals surface area contributed by atoms with E-state index in [0.29, 0.717) is 17.9 Å². The van der Waals surface area contributed by atoms with E-state index in [1.165, 1.54) is 25.3 Å². The highest BCUT2D eigenvalue weighted by Gasteiger charge is 2.09. The number of esters is 1. The van der Waals surface area contributed by atoms with Gasteiger partial charge in [-0.1, -0.05) is 45.1 Å². The summed E-state index contributed by atoms with van der Waals surface area (Å²) in [5.74, 6) is -1.29. The Labute approximate surface area is 177 Å². The standard InChI is InChI=1S/C21H33N5O4/c1-2-3-4-5-6-7-13-30-19(28)11-12-24-18(27)15-25-20(29)16-9-8-10-17(14-16)26-21(22)23/h8-10,14H,2-7,11-13,15H2,1H3,(H,24,27)(H,25,29)(H4,22,23,26). The summed E-state index contributed by atoms with van der Waals surface area (Å²) < 4.78 is 5.14. The number of hydrogen-bond donors (Lipinski definition) is 4. The Morgan fingerprint density at radius 2 is 1.77 bits per heavy atom. The van der Waals surface area contributed by atoms with Gasteiger partial charge in [-0.05, 0) is 24.6 Å². The molecule has 0 saturated carbocycles. The maximum Gasteiger partial charge on any atom is 0.307 e. The molecule has 9 heteroatoms. The van der Waals surface area contributed by atoms with Crippen LogP contribution >= 0.6 is 0 Å². The number of hydrogen-bond acceptors (Lipinski definition) is 5. The van der Waals surface area contributed by atoms with Crippen LogP contribution in [0.2, 0.25) is 0 Å². The molecule has 9 nitrogen and oxygen atoms in total. The van der Waals surface area contributed by atoms with Gasteiger partial charge in [-0.3, -0.25) is 14.4 Å². The SMILES string of the molecule is CCCCCCCCOC(=O)CCNC(=O)CNC(=O)c1cccc(N=C(N)N)c1. The first-order chi connectivity index (χ1) is 14.4. The van der Waals surface area contributed by atoms with Gasteiger partial charge in [0.15, 0.2) is 5.96 Å². The number of rotatable bonds is 14. The van der Waals surface area contributed by atoms with Crippen molar-refractivity contribution in [3.8, 4) is 0 Å². The highest BCUT2D eigenvalue weighted by molar-refractivity contribution is 5.97. The van der Waals surface area contributed by atoms with Gasteiger partial charge in [0.05, 0.1) is 25.3 Å². The number of ether oxygens (including phenoxy) is 1. The van der Waals surface area contributed by atoms with Gasteiger partial charge in [0.2, 0.25) is 5.91 Å². The summed E-state index contributed by atoms with van der Waals surface area (Å²) in [5, 5.41) is 5.08. The van der Waals surface area contributed by atoms with E-state index in [-0.39, 0.29) is 31.4 Å². The van der Waals surface area contributed by atoms with Gasteiger partial charge in [0.25, 0.3) is 5.91 Å². The molecule has 0 bridgehead atoms. The summed E-state index contributed by atoms with van der Waals surface area (Å²) in [6, 6.07) is 6.37. The fourth-order valence-corrected chi connectivity index (χ4v) is 2.64. The van der Waals surface area contributed by atoms with Crippen LogP contribution in [0.25, 0.3) is 0 Å². The summed E-state index contributed by atoms with van der Waals surface area (Å²) in [6.45, 7) is 2.53. The van der Waals surface area contributed by atoms with Crippen LogP contribution in [0.15, 0.2) is 29.3 Å². The molecule has 0 aliphatic heterocycles. The predicted molar refractivity (Wildman–Crippen MR) is 116 cm³/mol. The molecule has 1 rings (SSSR count). The summed E-state index contributed by atoms with van der Waals surface area (Å²) in [5.41, 5.74) is 11.4. The molecule has 0 aliphatic carbocycles. The Morgan fingerprint density at radius 3 is 2.50 bits per heavy atom. The average molecular weight is 420 g/mol. The number of nitrogens with one attached hydrogen (secondary N) is 2. The monoisotopic (exact) mass is 419 g/mol. The van der Waals surface area contributed by atoms with Crippen molar-refractivity contribution in [2.75, 3.05) is 19.7 Å². The second-order valence-electron chi connectivity index (χ2n) is 6.86. The van der Waals surface area contributed by atoms with E-state index >= 15 is 0 Å². The zero-order chi connectivity index (χ0) is 22.2. The van der Waals surface area contributed by atoms with E-state index in [4.69, 9.17) is 16.2 Å². The van der Waals surface area contributed by atoms with E-state index < -0.39 is 11.8 Å². The molecule has 166 valence electrons. The van der Waals surface area contributed by atoms with Gasteiger partial charge >= 0.3 is 5.97 Å². The molecule has 30 heavy (non-hydrogen) atoms. The summed E-state index contributed by atoms with van der Waals surface area (Å²) in [4.78, 5) is 39.5. The first-order valence-electron chi connectivity index (χ1n) is 10.3. The van der Waals surface area contributed by atoms with Crippen molar-refractivity contribution in [3.63, 3.8) is 0 Å². The number of amides is 2. The fourth-order valence-electron chi connectivity index (χ4n) is 2.64. The molecule has 0 fully saturated rings. The quantitative estimate of drug-likeness (QED) is 0.156. The van der Waals surface area contributed by atoms with Crippen LogP contribution in [0.1, 0.15) is 62.2 Å². The van der Waals surface area contributed by atoms with Gasteiger partial charge in [-0.15, -0.1) is 0 Å². The lowest BCUT2D eigenvalue weighted by Crippen LogP contribution is -2.37. The highest BCUT2D eigenvalue weighted by atomic mass is 16.5. The topological polar surface area (TPSA) is 149 Å². The Hall–Kier alpha value is -3.10. The Kier molecular flexibility index (Phi) is 12.3. The number of guanidine groups is 1. The molecular weight excluding hydrogens is 386 g/mol. The molecular formula is C21H33N5O4. The largest absolute Gasteiger partial charge is 0.466 e. The molecule has 0 atom stereocenters. The summed E-state index contributed by atoms with van der Waals surface area (Å²) in [6.07, 6.45) is 6.83. The van der Waals surface area contributed by atoms with E-state index in [2.05, 4.69) is 22.5 Å². The minimum atomic E-state index is -0.434. The minimum absolute atomic E-state index is 0.0933. The number of carbonyl (C=O) groups is 3. The summed E-state index contributed by atoms with van der Waals surface area (Å²) in [7, 11) is 0. The van der Waals surface area contributed by atoms with Gasteiger partial charge < -0.3 is 26.8 Å². The molecule has 2 amide bonds. The molecule has 0 radical (unpaired) electrons. The van der Waals surface area contributed by atoms with Crippen LogP contribution in [0.3, 0.4) is 0 Å². The smallest absolute Gasteiger partial charge is 0.307 e. The molecule has 1 aromatic carbocycles. The summed E-state index contributed by atoms with van der Waals surface area (Å²) >= 11 is 0. The van der Waals surface area contributed by atoms with Crippen LogP contribution < -0.4 is 22.1 Å². The number of unbranched alkanes of at least 4 members (excludes halogenated alkanes) is 5. The van der Waals surface area contributed by atoms with Crippen molar-refractivity contribution in [1.82, 2.24) is 10.6 Å². The predicted octanol–water partition coefficient (Wildman–Crippen LogP) is 1.73. The maximum atomic E-state index is 12.1. The Balaban J connectivity index is 2.18. The number of nitrogens with zero attached hydrogens (tertiary/aromatic N) is 1. The van der Waals surface area contributed by atoms with Crippen molar-refractivity contribution >= 4 is 29.4 Å². The second kappa shape index (κ2) is 14.8. The minimum Gasteiger partial charge on any atom is -0.466 e. The molecule has 0 aliphatic rings. The lowest BCUT2D eigenvalue weighted by atomic mass is 10.1. The molecule has 0 heterocycles. The Bertz CT molecular complexity index is 717. The fraction of sp³-hybridized carbons (Fsp3) is 0.524. The average Bonchev–Trinajstić information content (AvgIpc) is 2.71. The molecule has 0 spiro atoms. The van der Waals surface area contributed by atoms with Crippen LogP contribution in [-0.4, -0.2) is 43.4 Å². The number of nitrogens with two attached hydrogens (primary N) is 2. The van der Waals surface area contributed by atoms with Gasteiger partial charge in [-0.2, -0.15) is 0 Å². The van der Waals surface area contributed by atoms with Crippen molar-refractivity contribution in [2.45, 2.75) is 51.9 Å². The van der Waals surface area contributed by atoms with E-state index in [0.717, 1.165) is 19.3 Å². The van der Waals surface area contributed by atoms with Crippen LogP contribution in [0.4, 0.5) is 5.69 Å². The van der Waals surface area contributed by atoms with Gasteiger partial charge in [0.1, 0.15) is 0 Å². The maximum absolute atomic E-state index is 12.1. The molecule has 6 N–H and O–H groups in total. The Morgan fingerprint density at radius 1 is 1.03 bits per heavy atom. The van der Waals surface area contributed by atoms with Crippen molar-refractivity contribution in [2.24, 2.45) is 16.5 Å². The second-order valence-corrected chi connectivity index (χ2v) is 6.86. The molecule has 1 aromatic rings. The number of aliphatic imine (C=N–C) groups is 1. The molecule has 0 saturated heterocycles. The third kappa shape index (κ3) is 11.7. The van der Waals surface area contributed by atoms with E-state index in [9.17, 15) is 14.4 Å². The lowest BCUT2D eigenvalue weighted by Gasteiger charge is -2.08. The third-order valence-corrected chi connectivity index (χ3v) is 4.19. The molecule has 0 unspecified atom stereocenters. The highest BCUT2D eigenvalue weighted by Crippen LogP contribution is 2.13. The van der Waals surface area contributed by atoms with Gasteiger partial charge in [0, 0.05) is 12.1 Å². The zero-order valence-corrected chi connectivity index (χ0v) is 17.6. The first-order valence-corrected chi connectivity index (χ1v) is 10.3. The van der Waals surface area contributed by atoms with Crippen molar-refractivity contribution in [1.29, 1.82) is 0 Å².